The van der Waals surface area contributed by atoms with Gasteiger partial charge in [-0.2, -0.15) is 0 Å². The Hall–Kier alpha value is -2.88. The van der Waals surface area contributed by atoms with Crippen LogP contribution in [-0.2, 0) is 18.3 Å². The fraction of sp³-hybridized carbons (Fsp3) is 0.273. The maximum Gasteiger partial charge on any atom is 0.333 e. The molecule has 0 bridgehead atoms. The first-order chi connectivity index (χ1) is 12.4. The van der Waals surface area contributed by atoms with Crippen molar-refractivity contribution < 1.29 is 0 Å². The van der Waals surface area contributed by atoms with Crippen LogP contribution in [-0.4, -0.2) is 9.55 Å². The number of fused-ring (bicyclic) bond motifs is 3. The Morgan fingerprint density at radius 1 is 1.04 bits per heavy atom. The molecule has 4 nitrogen and oxygen atoms in total. The molecule has 0 unspecified atom stereocenters. The minimum Gasteiger partial charge on any atom is -0.306 e. The van der Waals surface area contributed by atoms with Gasteiger partial charge >= 0.3 is 5.69 Å². The SMILES string of the molecule is CCc1ccccc1-n1c(=O)[nH]c2c(c1=O)C(C)(C)Cc1ccccc1-2. The Morgan fingerprint density at radius 3 is 2.50 bits per heavy atom. The fourth-order valence-electron chi connectivity index (χ4n) is 4.10. The van der Waals surface area contributed by atoms with Crippen LogP contribution in [0.5, 0.6) is 0 Å². The number of rotatable bonds is 2. The van der Waals surface area contributed by atoms with E-state index in [4.69, 9.17) is 0 Å². The van der Waals surface area contributed by atoms with Crippen LogP contribution in [0.25, 0.3) is 16.9 Å². The van der Waals surface area contributed by atoms with Crippen molar-refractivity contribution in [1.29, 1.82) is 0 Å². The van der Waals surface area contributed by atoms with Crippen molar-refractivity contribution in [2.75, 3.05) is 0 Å². The Balaban J connectivity index is 2.10. The molecule has 2 aromatic carbocycles. The molecule has 1 N–H and O–H groups in total. The molecular weight excluding hydrogens is 324 g/mol. The number of hydrogen-bond donors (Lipinski definition) is 1. The summed E-state index contributed by atoms with van der Waals surface area (Å²) >= 11 is 0. The van der Waals surface area contributed by atoms with E-state index in [9.17, 15) is 9.59 Å². The number of para-hydroxylation sites is 1. The van der Waals surface area contributed by atoms with Gasteiger partial charge in [0.25, 0.3) is 5.56 Å². The van der Waals surface area contributed by atoms with E-state index in [1.54, 1.807) is 0 Å². The molecule has 26 heavy (non-hydrogen) atoms. The molecule has 0 amide bonds. The maximum absolute atomic E-state index is 13.5. The molecule has 4 heteroatoms. The van der Waals surface area contributed by atoms with Crippen molar-refractivity contribution in [3.63, 3.8) is 0 Å². The smallest absolute Gasteiger partial charge is 0.306 e. The molecule has 0 spiro atoms. The van der Waals surface area contributed by atoms with Gasteiger partial charge in [0.05, 0.1) is 11.4 Å². The molecule has 0 saturated carbocycles. The molecule has 1 heterocycles. The third kappa shape index (κ3) is 2.37. The Labute approximate surface area is 152 Å². The number of H-pyrrole nitrogens is 1. The van der Waals surface area contributed by atoms with Crippen molar-refractivity contribution >= 4 is 0 Å². The Bertz CT molecular complexity index is 1120. The minimum absolute atomic E-state index is 0.218. The highest BCUT2D eigenvalue weighted by Crippen LogP contribution is 2.39. The summed E-state index contributed by atoms with van der Waals surface area (Å²) < 4.78 is 1.30. The van der Waals surface area contributed by atoms with Gasteiger partial charge in [-0.1, -0.05) is 63.2 Å². The topological polar surface area (TPSA) is 54.9 Å². The summed E-state index contributed by atoms with van der Waals surface area (Å²) in [5.74, 6) is 0. The summed E-state index contributed by atoms with van der Waals surface area (Å²) in [4.78, 5) is 29.4. The lowest BCUT2D eigenvalue weighted by atomic mass is 9.72. The van der Waals surface area contributed by atoms with E-state index in [0.29, 0.717) is 16.9 Å². The molecule has 4 rings (SSSR count). The number of nitrogens with one attached hydrogen (secondary N) is 1. The normalized spacial score (nSPS) is 14.6. The Kier molecular flexibility index (Phi) is 3.72. The highest BCUT2D eigenvalue weighted by atomic mass is 16.2. The molecule has 1 aliphatic rings. The quantitative estimate of drug-likeness (QED) is 0.771. The van der Waals surface area contributed by atoms with E-state index >= 15 is 0 Å². The predicted octanol–water partition coefficient (Wildman–Crippen LogP) is 3.59. The summed E-state index contributed by atoms with van der Waals surface area (Å²) in [6.45, 7) is 6.16. The van der Waals surface area contributed by atoms with Gasteiger partial charge in [-0.3, -0.25) is 4.79 Å². The molecule has 0 radical (unpaired) electrons. The van der Waals surface area contributed by atoms with E-state index in [2.05, 4.69) is 24.9 Å². The maximum atomic E-state index is 13.5. The van der Waals surface area contributed by atoms with Crippen LogP contribution in [0.2, 0.25) is 0 Å². The predicted molar refractivity (Wildman–Crippen MR) is 104 cm³/mol. The summed E-state index contributed by atoms with van der Waals surface area (Å²) in [6, 6.07) is 15.6. The van der Waals surface area contributed by atoms with Crippen LogP contribution in [0.4, 0.5) is 0 Å². The van der Waals surface area contributed by atoms with Gasteiger partial charge < -0.3 is 4.98 Å². The van der Waals surface area contributed by atoms with Crippen LogP contribution in [0, 0.1) is 0 Å². The van der Waals surface area contributed by atoms with Crippen LogP contribution < -0.4 is 11.2 Å². The van der Waals surface area contributed by atoms with Crippen LogP contribution in [0.1, 0.15) is 37.5 Å². The number of nitrogens with zero attached hydrogens (tertiary/aromatic N) is 1. The number of aromatic nitrogens is 2. The molecule has 1 aliphatic carbocycles. The minimum atomic E-state index is -0.387. The fourth-order valence-corrected chi connectivity index (χ4v) is 4.10. The first kappa shape index (κ1) is 16.6. The van der Waals surface area contributed by atoms with Gasteiger partial charge in [0.15, 0.2) is 0 Å². The van der Waals surface area contributed by atoms with Gasteiger partial charge in [-0.25, -0.2) is 9.36 Å². The van der Waals surface area contributed by atoms with Crippen LogP contribution in [0.15, 0.2) is 58.1 Å². The van der Waals surface area contributed by atoms with Crippen molar-refractivity contribution in [2.24, 2.45) is 0 Å². The van der Waals surface area contributed by atoms with E-state index in [1.807, 2.05) is 49.4 Å². The second-order valence-corrected chi connectivity index (χ2v) is 7.52. The average Bonchev–Trinajstić information content (AvgIpc) is 2.61. The lowest BCUT2D eigenvalue weighted by Crippen LogP contribution is -2.43. The number of aryl methyl sites for hydroxylation is 1. The van der Waals surface area contributed by atoms with Gasteiger partial charge in [0, 0.05) is 16.5 Å². The van der Waals surface area contributed by atoms with E-state index in [1.165, 1.54) is 4.57 Å². The molecule has 132 valence electrons. The lowest BCUT2D eigenvalue weighted by Gasteiger charge is -2.33. The van der Waals surface area contributed by atoms with Gasteiger partial charge in [0.2, 0.25) is 0 Å². The van der Waals surface area contributed by atoms with Crippen LogP contribution >= 0.6 is 0 Å². The van der Waals surface area contributed by atoms with Gasteiger partial charge in [0.1, 0.15) is 0 Å². The van der Waals surface area contributed by atoms with Gasteiger partial charge in [-0.05, 0) is 30.0 Å². The second kappa shape index (κ2) is 5.84. The van der Waals surface area contributed by atoms with E-state index in [-0.39, 0.29) is 16.7 Å². The molecule has 0 atom stereocenters. The zero-order valence-electron chi connectivity index (χ0n) is 15.3. The molecule has 3 aromatic rings. The Morgan fingerprint density at radius 2 is 1.73 bits per heavy atom. The zero-order chi connectivity index (χ0) is 18.5. The summed E-state index contributed by atoms with van der Waals surface area (Å²) in [7, 11) is 0. The molecule has 0 saturated heterocycles. The lowest BCUT2D eigenvalue weighted by molar-refractivity contribution is 0.502. The zero-order valence-corrected chi connectivity index (χ0v) is 15.3. The number of aromatic amines is 1. The average molecular weight is 346 g/mol. The molecule has 1 aromatic heterocycles. The number of benzene rings is 2. The van der Waals surface area contributed by atoms with Crippen molar-refractivity contribution in [3.8, 4) is 16.9 Å². The first-order valence-corrected chi connectivity index (χ1v) is 9.00. The largest absolute Gasteiger partial charge is 0.333 e. The monoisotopic (exact) mass is 346 g/mol. The highest BCUT2D eigenvalue weighted by molar-refractivity contribution is 5.71. The highest BCUT2D eigenvalue weighted by Gasteiger charge is 2.35. The van der Waals surface area contributed by atoms with Crippen molar-refractivity contribution in [3.05, 3.63) is 86.1 Å². The van der Waals surface area contributed by atoms with Crippen LogP contribution in [0.3, 0.4) is 0 Å². The molecule has 0 aliphatic heterocycles. The molecule has 0 fully saturated rings. The second-order valence-electron chi connectivity index (χ2n) is 7.52. The van der Waals surface area contributed by atoms with Crippen molar-refractivity contribution in [2.45, 2.75) is 39.0 Å². The molecular formula is C22H22N2O2. The summed E-state index contributed by atoms with van der Waals surface area (Å²) in [5.41, 5.74) is 4.14. The van der Waals surface area contributed by atoms with E-state index in [0.717, 1.165) is 29.5 Å². The standard InChI is InChI=1S/C22H22N2O2/c1-4-14-9-6-8-12-17(14)24-20(25)18-19(23-21(24)26)16-11-7-5-10-15(16)13-22(18,2)3/h5-12H,4,13H2,1-3H3,(H,23,26). The van der Waals surface area contributed by atoms with E-state index < -0.39 is 0 Å². The third-order valence-electron chi connectivity index (χ3n) is 5.31. The summed E-state index contributed by atoms with van der Waals surface area (Å²) in [6.07, 6.45) is 1.53. The number of hydrogen-bond acceptors (Lipinski definition) is 2. The third-order valence-corrected chi connectivity index (χ3v) is 5.31. The summed E-state index contributed by atoms with van der Waals surface area (Å²) in [5, 5.41) is 0. The van der Waals surface area contributed by atoms with Crippen molar-refractivity contribution in [1.82, 2.24) is 9.55 Å². The van der Waals surface area contributed by atoms with Gasteiger partial charge in [-0.15, -0.1) is 0 Å². The first-order valence-electron chi connectivity index (χ1n) is 9.00.